The fourth-order valence-corrected chi connectivity index (χ4v) is 1.76. The summed E-state index contributed by atoms with van der Waals surface area (Å²) in [5.41, 5.74) is 0. The van der Waals surface area contributed by atoms with Crippen molar-refractivity contribution in [2.45, 2.75) is 50.7 Å². The Hall–Kier alpha value is -1.27. The predicted octanol–water partition coefficient (Wildman–Crippen LogP) is 2.52. The Morgan fingerprint density at radius 3 is 2.06 bits per heavy atom. The first-order chi connectivity index (χ1) is 7.89. The molecule has 17 heavy (non-hydrogen) atoms. The molecule has 0 unspecified atom stereocenters. The maximum atomic E-state index is 11.8. The second-order valence-corrected chi connectivity index (χ2v) is 4.01. The van der Waals surface area contributed by atoms with Crippen molar-refractivity contribution in [1.29, 1.82) is 0 Å². The largest absolute Gasteiger partial charge is 0.491 e. The third-order valence-corrected chi connectivity index (χ3v) is 2.59. The number of carbonyl (C=O) groups excluding carboxylic acids is 2. The van der Waals surface area contributed by atoms with Crippen LogP contribution in [-0.2, 0) is 9.53 Å². The lowest BCUT2D eigenvalue weighted by atomic mass is 10.1. The van der Waals surface area contributed by atoms with Crippen LogP contribution in [0, 0.1) is 0 Å². The number of esters is 1. The number of amides is 1. The van der Waals surface area contributed by atoms with E-state index < -0.39 is 18.2 Å². The van der Waals surface area contributed by atoms with E-state index in [1.165, 1.54) is 0 Å². The van der Waals surface area contributed by atoms with Crippen molar-refractivity contribution in [2.75, 3.05) is 0 Å². The van der Waals surface area contributed by atoms with Crippen molar-refractivity contribution in [3.05, 3.63) is 0 Å². The number of halogens is 3. The van der Waals surface area contributed by atoms with Crippen molar-refractivity contribution in [3.8, 4) is 0 Å². The van der Waals surface area contributed by atoms with E-state index in [0.717, 1.165) is 25.7 Å². The maximum Gasteiger partial charge on any atom is 0.491 e. The standard InChI is InChI=1S/C10H14F3NO3/c11-10(12,13)8(15)17-9(16)14-7-5-3-1-2-4-6-7/h7H,1-6H2,(H,14,16). The van der Waals surface area contributed by atoms with Gasteiger partial charge < -0.3 is 10.1 Å². The highest BCUT2D eigenvalue weighted by molar-refractivity contribution is 5.87. The van der Waals surface area contributed by atoms with Crippen LogP contribution in [-0.4, -0.2) is 24.3 Å². The van der Waals surface area contributed by atoms with E-state index in [0.29, 0.717) is 12.8 Å². The van der Waals surface area contributed by atoms with Crippen LogP contribution >= 0.6 is 0 Å². The average Bonchev–Trinajstić information content (AvgIpc) is 2.44. The number of alkyl carbamates (subject to hydrolysis) is 1. The van der Waals surface area contributed by atoms with Crippen molar-refractivity contribution in [2.24, 2.45) is 0 Å². The Balaban J connectivity index is 2.35. The Morgan fingerprint density at radius 2 is 1.59 bits per heavy atom. The van der Waals surface area contributed by atoms with E-state index in [4.69, 9.17) is 0 Å². The molecule has 0 atom stereocenters. The molecule has 0 spiro atoms. The van der Waals surface area contributed by atoms with Gasteiger partial charge in [-0.05, 0) is 12.8 Å². The lowest BCUT2D eigenvalue weighted by molar-refractivity contribution is -0.192. The van der Waals surface area contributed by atoms with E-state index in [1.54, 1.807) is 0 Å². The zero-order chi connectivity index (χ0) is 12.9. The molecule has 0 aromatic heterocycles. The zero-order valence-corrected chi connectivity index (χ0v) is 9.18. The lowest BCUT2D eigenvalue weighted by Crippen LogP contribution is -2.38. The number of ether oxygens (including phenoxy) is 1. The van der Waals surface area contributed by atoms with Crippen LogP contribution in [0.3, 0.4) is 0 Å². The Morgan fingerprint density at radius 1 is 1.06 bits per heavy atom. The quantitative estimate of drug-likeness (QED) is 0.444. The molecule has 1 amide bonds. The maximum absolute atomic E-state index is 11.8. The van der Waals surface area contributed by atoms with Crippen LogP contribution in [0.1, 0.15) is 38.5 Å². The number of hydrogen-bond acceptors (Lipinski definition) is 3. The van der Waals surface area contributed by atoms with Crippen molar-refractivity contribution in [3.63, 3.8) is 0 Å². The van der Waals surface area contributed by atoms with E-state index in [2.05, 4.69) is 10.1 Å². The zero-order valence-electron chi connectivity index (χ0n) is 9.18. The van der Waals surface area contributed by atoms with Gasteiger partial charge in [0, 0.05) is 6.04 Å². The summed E-state index contributed by atoms with van der Waals surface area (Å²) in [6, 6.07) is -0.203. The van der Waals surface area contributed by atoms with Gasteiger partial charge in [-0.2, -0.15) is 13.2 Å². The first-order valence-electron chi connectivity index (χ1n) is 5.49. The molecule has 1 saturated carbocycles. The molecule has 1 N–H and O–H groups in total. The molecule has 0 aromatic carbocycles. The normalized spacial score (nSPS) is 18.3. The second-order valence-electron chi connectivity index (χ2n) is 4.01. The van der Waals surface area contributed by atoms with Crippen LogP contribution in [0.15, 0.2) is 0 Å². The molecule has 1 fully saturated rings. The number of alkyl halides is 3. The Bertz CT molecular complexity index is 283. The van der Waals surface area contributed by atoms with Crippen LogP contribution in [0.2, 0.25) is 0 Å². The molecule has 1 aliphatic rings. The van der Waals surface area contributed by atoms with Gasteiger partial charge in [0.15, 0.2) is 0 Å². The highest BCUT2D eigenvalue weighted by atomic mass is 19.4. The van der Waals surface area contributed by atoms with E-state index in [-0.39, 0.29) is 6.04 Å². The van der Waals surface area contributed by atoms with E-state index >= 15 is 0 Å². The first kappa shape index (κ1) is 13.8. The number of nitrogens with one attached hydrogen (secondary N) is 1. The molecule has 7 heteroatoms. The van der Waals surface area contributed by atoms with Crippen LogP contribution in [0.4, 0.5) is 18.0 Å². The third kappa shape index (κ3) is 5.06. The molecule has 0 bridgehead atoms. The van der Waals surface area contributed by atoms with Gasteiger partial charge in [-0.1, -0.05) is 25.7 Å². The lowest BCUT2D eigenvalue weighted by Gasteiger charge is -2.15. The number of rotatable bonds is 1. The summed E-state index contributed by atoms with van der Waals surface area (Å²) in [6.07, 6.45) is -1.12. The summed E-state index contributed by atoms with van der Waals surface area (Å²) in [4.78, 5) is 21.4. The summed E-state index contributed by atoms with van der Waals surface area (Å²) in [5, 5.41) is 2.28. The number of hydrogen-bond donors (Lipinski definition) is 1. The van der Waals surface area contributed by atoms with E-state index in [9.17, 15) is 22.8 Å². The summed E-state index contributed by atoms with van der Waals surface area (Å²) >= 11 is 0. The fraction of sp³-hybridized carbons (Fsp3) is 0.800. The molecule has 1 aliphatic carbocycles. The highest BCUT2D eigenvalue weighted by Gasteiger charge is 2.42. The van der Waals surface area contributed by atoms with Gasteiger partial charge in [-0.25, -0.2) is 9.59 Å². The first-order valence-corrected chi connectivity index (χ1v) is 5.49. The molecule has 98 valence electrons. The Labute approximate surface area is 96.5 Å². The minimum absolute atomic E-state index is 0.203. The van der Waals surface area contributed by atoms with Crippen LogP contribution < -0.4 is 5.32 Å². The molecular weight excluding hydrogens is 239 g/mol. The smallest absolute Gasteiger partial charge is 0.369 e. The second kappa shape index (κ2) is 5.88. The monoisotopic (exact) mass is 253 g/mol. The summed E-state index contributed by atoms with van der Waals surface area (Å²) in [7, 11) is 0. The van der Waals surface area contributed by atoms with Gasteiger partial charge in [0.1, 0.15) is 0 Å². The van der Waals surface area contributed by atoms with Crippen molar-refractivity contribution in [1.82, 2.24) is 5.32 Å². The topological polar surface area (TPSA) is 55.4 Å². The van der Waals surface area contributed by atoms with Crippen molar-refractivity contribution < 1.29 is 27.5 Å². The fourth-order valence-electron chi connectivity index (χ4n) is 1.76. The molecule has 0 saturated heterocycles. The molecule has 4 nitrogen and oxygen atoms in total. The van der Waals surface area contributed by atoms with Crippen LogP contribution in [0.25, 0.3) is 0 Å². The van der Waals surface area contributed by atoms with E-state index in [1.807, 2.05) is 0 Å². The summed E-state index contributed by atoms with van der Waals surface area (Å²) < 4.78 is 39.0. The minimum Gasteiger partial charge on any atom is -0.369 e. The molecule has 0 heterocycles. The third-order valence-electron chi connectivity index (χ3n) is 2.59. The predicted molar refractivity (Wildman–Crippen MR) is 52.2 cm³/mol. The molecular formula is C10H14F3NO3. The molecule has 0 radical (unpaired) electrons. The highest BCUT2D eigenvalue weighted by Crippen LogP contribution is 2.18. The van der Waals surface area contributed by atoms with Gasteiger partial charge in [0.2, 0.25) is 0 Å². The molecule has 0 aliphatic heterocycles. The van der Waals surface area contributed by atoms with Gasteiger partial charge in [0.25, 0.3) is 0 Å². The van der Waals surface area contributed by atoms with Gasteiger partial charge in [0.05, 0.1) is 0 Å². The van der Waals surface area contributed by atoms with Crippen LogP contribution in [0.5, 0.6) is 0 Å². The Kier molecular flexibility index (Phi) is 4.77. The van der Waals surface area contributed by atoms with Gasteiger partial charge in [-0.15, -0.1) is 0 Å². The summed E-state index contributed by atoms with van der Waals surface area (Å²) in [6.45, 7) is 0. The summed E-state index contributed by atoms with van der Waals surface area (Å²) in [5.74, 6) is -2.48. The van der Waals surface area contributed by atoms with Gasteiger partial charge in [-0.3, -0.25) is 0 Å². The van der Waals surface area contributed by atoms with Crippen molar-refractivity contribution >= 4 is 12.1 Å². The SMILES string of the molecule is O=C(NC1CCCCCC1)OC(=O)C(F)(F)F. The average molecular weight is 253 g/mol. The number of carbonyl (C=O) groups is 2. The molecule has 0 aromatic rings. The molecule has 1 rings (SSSR count). The minimum atomic E-state index is -5.14. The van der Waals surface area contributed by atoms with Gasteiger partial charge >= 0.3 is 18.2 Å².